The van der Waals surface area contributed by atoms with Crippen molar-refractivity contribution in [2.45, 2.75) is 6.42 Å². The molecule has 0 spiro atoms. The monoisotopic (exact) mass is 439 g/mol. The predicted octanol–water partition coefficient (Wildman–Crippen LogP) is 3.84. The summed E-state index contributed by atoms with van der Waals surface area (Å²) in [5, 5.41) is 6.10. The standard InChI is InChI=1S/C23H25N3O4S/c1-29-19-8-7-17(14-20(19)30-2)24-23(28)26-11-9-25(10-12-26)22(27)13-16-15-31-21-6-4-3-5-18(16)21/h3-8,14-15H,9-13H2,1-2H3,(H,24,28). The average molecular weight is 440 g/mol. The summed E-state index contributed by atoms with van der Waals surface area (Å²) in [6.07, 6.45) is 0.391. The number of anilines is 1. The zero-order chi connectivity index (χ0) is 21.8. The number of carbonyl (C=O) groups excluding carboxylic acids is 2. The number of fused-ring (bicyclic) bond motifs is 1. The smallest absolute Gasteiger partial charge is 0.321 e. The number of hydrogen-bond donors (Lipinski definition) is 1. The van der Waals surface area contributed by atoms with Gasteiger partial charge >= 0.3 is 6.03 Å². The van der Waals surface area contributed by atoms with Gasteiger partial charge in [-0.1, -0.05) is 18.2 Å². The number of nitrogens with one attached hydrogen (secondary N) is 1. The molecule has 31 heavy (non-hydrogen) atoms. The van der Waals surface area contributed by atoms with Crippen LogP contribution in [0.4, 0.5) is 10.5 Å². The molecule has 1 aliphatic heterocycles. The number of benzene rings is 2. The second kappa shape index (κ2) is 9.26. The minimum atomic E-state index is -0.192. The topological polar surface area (TPSA) is 71.1 Å². The molecule has 1 aromatic heterocycles. The molecule has 0 bridgehead atoms. The maximum Gasteiger partial charge on any atom is 0.321 e. The molecule has 0 unspecified atom stereocenters. The first kappa shape index (κ1) is 21.0. The van der Waals surface area contributed by atoms with Gasteiger partial charge in [0.15, 0.2) is 11.5 Å². The van der Waals surface area contributed by atoms with Gasteiger partial charge in [-0.25, -0.2) is 4.79 Å². The number of piperazine rings is 1. The van der Waals surface area contributed by atoms with Gasteiger partial charge in [-0.2, -0.15) is 0 Å². The van der Waals surface area contributed by atoms with Crippen LogP contribution >= 0.6 is 11.3 Å². The van der Waals surface area contributed by atoms with Gasteiger partial charge in [-0.15, -0.1) is 11.3 Å². The highest BCUT2D eigenvalue weighted by Gasteiger charge is 2.25. The van der Waals surface area contributed by atoms with Crippen LogP contribution in [0.25, 0.3) is 10.1 Å². The highest BCUT2D eigenvalue weighted by molar-refractivity contribution is 7.17. The van der Waals surface area contributed by atoms with Crippen molar-refractivity contribution in [2.24, 2.45) is 0 Å². The molecule has 2 heterocycles. The molecule has 1 N–H and O–H groups in total. The van der Waals surface area contributed by atoms with Crippen molar-refractivity contribution in [3.63, 3.8) is 0 Å². The summed E-state index contributed by atoms with van der Waals surface area (Å²) < 4.78 is 11.7. The van der Waals surface area contributed by atoms with Crippen molar-refractivity contribution in [3.8, 4) is 11.5 Å². The minimum Gasteiger partial charge on any atom is -0.493 e. The fourth-order valence-electron chi connectivity index (χ4n) is 3.72. The van der Waals surface area contributed by atoms with E-state index in [1.807, 2.05) is 17.0 Å². The largest absolute Gasteiger partial charge is 0.493 e. The molecule has 0 saturated carbocycles. The third kappa shape index (κ3) is 4.59. The Bertz CT molecular complexity index is 1090. The second-order valence-corrected chi connectivity index (χ2v) is 8.21. The average Bonchev–Trinajstić information content (AvgIpc) is 3.21. The van der Waals surface area contributed by atoms with Crippen LogP contribution in [-0.4, -0.2) is 62.1 Å². The lowest BCUT2D eigenvalue weighted by Gasteiger charge is -2.34. The minimum absolute atomic E-state index is 0.100. The summed E-state index contributed by atoms with van der Waals surface area (Å²) in [6.45, 7) is 2.05. The first-order chi connectivity index (χ1) is 15.1. The SMILES string of the molecule is COc1ccc(NC(=O)N2CCN(C(=O)Cc3csc4ccccc34)CC2)cc1OC. The fourth-order valence-corrected chi connectivity index (χ4v) is 4.68. The van der Waals surface area contributed by atoms with Crippen molar-refractivity contribution < 1.29 is 19.1 Å². The number of hydrogen-bond acceptors (Lipinski definition) is 5. The molecule has 0 atom stereocenters. The number of urea groups is 1. The van der Waals surface area contributed by atoms with Crippen LogP contribution in [0.3, 0.4) is 0 Å². The van der Waals surface area contributed by atoms with Gasteiger partial charge in [0.05, 0.1) is 20.6 Å². The molecule has 0 aliphatic carbocycles. The number of ether oxygens (including phenoxy) is 2. The first-order valence-corrected chi connectivity index (χ1v) is 11.0. The predicted molar refractivity (Wildman–Crippen MR) is 122 cm³/mol. The van der Waals surface area contributed by atoms with Crippen LogP contribution in [0.1, 0.15) is 5.56 Å². The molecule has 3 amide bonds. The van der Waals surface area contributed by atoms with Crippen LogP contribution < -0.4 is 14.8 Å². The molecule has 1 aliphatic rings. The molecule has 1 fully saturated rings. The number of nitrogens with zero attached hydrogens (tertiary/aromatic N) is 2. The molecule has 7 nitrogen and oxygen atoms in total. The summed E-state index contributed by atoms with van der Waals surface area (Å²) in [4.78, 5) is 29.0. The first-order valence-electron chi connectivity index (χ1n) is 10.1. The molecule has 4 rings (SSSR count). The maximum atomic E-state index is 12.8. The molecular formula is C23H25N3O4S. The van der Waals surface area contributed by atoms with Gasteiger partial charge in [0, 0.05) is 42.6 Å². The van der Waals surface area contributed by atoms with Crippen LogP contribution in [-0.2, 0) is 11.2 Å². The maximum absolute atomic E-state index is 12.8. The molecule has 3 aromatic rings. The van der Waals surface area contributed by atoms with Crippen molar-refractivity contribution in [3.05, 3.63) is 53.4 Å². The molecule has 2 aromatic carbocycles. The Labute approximate surface area is 185 Å². The lowest BCUT2D eigenvalue weighted by Crippen LogP contribution is -2.52. The van der Waals surface area contributed by atoms with E-state index in [0.717, 1.165) is 10.9 Å². The van der Waals surface area contributed by atoms with E-state index in [1.165, 1.54) is 4.70 Å². The highest BCUT2D eigenvalue weighted by atomic mass is 32.1. The Balaban J connectivity index is 1.32. The number of methoxy groups -OCH3 is 2. The fraction of sp³-hybridized carbons (Fsp3) is 0.304. The van der Waals surface area contributed by atoms with E-state index in [0.29, 0.717) is 49.8 Å². The van der Waals surface area contributed by atoms with Gasteiger partial charge in [-0.3, -0.25) is 4.79 Å². The third-order valence-electron chi connectivity index (χ3n) is 5.46. The summed E-state index contributed by atoms with van der Waals surface area (Å²) in [5.41, 5.74) is 1.70. The highest BCUT2D eigenvalue weighted by Crippen LogP contribution is 2.30. The zero-order valence-electron chi connectivity index (χ0n) is 17.6. The van der Waals surface area contributed by atoms with E-state index < -0.39 is 0 Å². The Morgan fingerprint density at radius 3 is 2.42 bits per heavy atom. The molecule has 8 heteroatoms. The van der Waals surface area contributed by atoms with Gasteiger partial charge < -0.3 is 24.6 Å². The molecule has 162 valence electrons. The van der Waals surface area contributed by atoms with Crippen molar-refractivity contribution in [1.82, 2.24) is 9.80 Å². The normalized spacial score (nSPS) is 13.9. The Kier molecular flexibility index (Phi) is 6.27. The Morgan fingerprint density at radius 1 is 0.968 bits per heavy atom. The second-order valence-electron chi connectivity index (χ2n) is 7.30. The van der Waals surface area contributed by atoms with Gasteiger partial charge in [0.25, 0.3) is 0 Å². The summed E-state index contributed by atoms with van der Waals surface area (Å²) in [7, 11) is 3.12. The summed E-state index contributed by atoms with van der Waals surface area (Å²) in [6, 6.07) is 13.2. The van der Waals surface area contributed by atoms with Gasteiger partial charge in [-0.05, 0) is 34.5 Å². The van der Waals surface area contributed by atoms with E-state index in [1.54, 1.807) is 48.7 Å². The van der Waals surface area contributed by atoms with Crippen molar-refractivity contribution in [2.75, 3.05) is 45.7 Å². The number of rotatable bonds is 5. The van der Waals surface area contributed by atoms with E-state index in [9.17, 15) is 9.59 Å². The summed E-state index contributed by atoms with van der Waals surface area (Å²) in [5.74, 6) is 1.26. The third-order valence-corrected chi connectivity index (χ3v) is 6.47. The van der Waals surface area contributed by atoms with Crippen molar-refractivity contribution >= 4 is 39.0 Å². The van der Waals surface area contributed by atoms with Crippen LogP contribution in [0.15, 0.2) is 47.8 Å². The van der Waals surface area contributed by atoms with E-state index >= 15 is 0 Å². The van der Waals surface area contributed by atoms with E-state index in [4.69, 9.17) is 9.47 Å². The molecule has 1 saturated heterocycles. The van der Waals surface area contributed by atoms with Crippen LogP contribution in [0, 0.1) is 0 Å². The van der Waals surface area contributed by atoms with E-state index in [-0.39, 0.29) is 11.9 Å². The number of thiophene rings is 1. The quantitative estimate of drug-likeness (QED) is 0.656. The Morgan fingerprint density at radius 2 is 1.68 bits per heavy atom. The zero-order valence-corrected chi connectivity index (χ0v) is 18.4. The molecule has 0 radical (unpaired) electrons. The molecular weight excluding hydrogens is 414 g/mol. The van der Waals surface area contributed by atoms with Gasteiger partial charge in [0.1, 0.15) is 0 Å². The lowest BCUT2D eigenvalue weighted by molar-refractivity contribution is -0.131. The number of amides is 3. The van der Waals surface area contributed by atoms with Crippen LogP contribution in [0.5, 0.6) is 11.5 Å². The van der Waals surface area contributed by atoms with Crippen LogP contribution in [0.2, 0.25) is 0 Å². The summed E-state index contributed by atoms with van der Waals surface area (Å²) >= 11 is 1.66. The Hall–Kier alpha value is -3.26. The number of carbonyl (C=O) groups is 2. The lowest BCUT2D eigenvalue weighted by atomic mass is 10.1. The van der Waals surface area contributed by atoms with Gasteiger partial charge in [0.2, 0.25) is 5.91 Å². The van der Waals surface area contributed by atoms with E-state index in [2.05, 4.69) is 22.8 Å². The van der Waals surface area contributed by atoms with Crippen molar-refractivity contribution in [1.29, 1.82) is 0 Å².